The lowest BCUT2D eigenvalue weighted by molar-refractivity contribution is 0.122. The van der Waals surface area contributed by atoms with Crippen LogP contribution in [0.15, 0.2) is 60.8 Å². The van der Waals surface area contributed by atoms with Crippen molar-refractivity contribution in [3.63, 3.8) is 0 Å². The Hall–Kier alpha value is -3.89. The molecule has 32 heavy (non-hydrogen) atoms. The van der Waals surface area contributed by atoms with E-state index in [2.05, 4.69) is 22.0 Å². The maximum atomic E-state index is 9.42. The van der Waals surface area contributed by atoms with Gasteiger partial charge in [0.15, 0.2) is 0 Å². The third-order valence-electron chi connectivity index (χ3n) is 5.73. The molecule has 0 aliphatic carbocycles. The number of rotatable bonds is 5. The first-order valence-electron chi connectivity index (χ1n) is 10.6. The Morgan fingerprint density at radius 3 is 2.62 bits per heavy atom. The van der Waals surface area contributed by atoms with E-state index < -0.39 is 0 Å². The minimum Gasteiger partial charge on any atom is -0.497 e. The summed E-state index contributed by atoms with van der Waals surface area (Å²) in [7, 11) is 1.66. The maximum Gasteiger partial charge on any atom is 0.129 e. The van der Waals surface area contributed by atoms with Gasteiger partial charge in [-0.3, -0.25) is 4.68 Å². The van der Waals surface area contributed by atoms with Crippen molar-refractivity contribution >= 4 is 16.7 Å². The van der Waals surface area contributed by atoms with E-state index in [1.165, 1.54) is 0 Å². The number of morpholine rings is 1. The second-order valence-corrected chi connectivity index (χ2v) is 7.70. The SMILES string of the molecule is COc1ccc(Cn2nc(-c3ccnc(N4CCOCC4)c3)c3ccc(C#N)cc32)cc1. The number of ether oxygens (including phenoxy) is 2. The Morgan fingerprint density at radius 1 is 1.06 bits per heavy atom. The van der Waals surface area contributed by atoms with Gasteiger partial charge < -0.3 is 14.4 Å². The van der Waals surface area contributed by atoms with Gasteiger partial charge in [-0.05, 0) is 48.0 Å². The minimum atomic E-state index is 0.594. The first kappa shape index (κ1) is 20.0. The third-order valence-corrected chi connectivity index (χ3v) is 5.73. The molecule has 0 atom stereocenters. The molecule has 2 aromatic carbocycles. The quantitative estimate of drug-likeness (QED) is 0.483. The van der Waals surface area contributed by atoms with E-state index in [1.54, 1.807) is 7.11 Å². The first-order chi connectivity index (χ1) is 15.7. The van der Waals surface area contributed by atoms with E-state index in [0.717, 1.165) is 52.4 Å². The standard InChI is InChI=1S/C25H23N5O2/c1-31-21-5-2-18(3-6-21)17-30-23-14-19(16-26)4-7-22(23)25(28-30)20-8-9-27-24(15-20)29-10-12-32-13-11-29/h2-9,14-15H,10-13,17H2,1H3. The van der Waals surface area contributed by atoms with E-state index in [-0.39, 0.29) is 0 Å². The lowest BCUT2D eigenvalue weighted by atomic mass is 10.1. The van der Waals surface area contributed by atoms with Gasteiger partial charge in [0, 0.05) is 30.2 Å². The normalized spacial score (nSPS) is 13.8. The van der Waals surface area contributed by atoms with Crippen molar-refractivity contribution in [2.45, 2.75) is 6.54 Å². The maximum absolute atomic E-state index is 9.42. The highest BCUT2D eigenvalue weighted by Crippen LogP contribution is 2.31. The molecular weight excluding hydrogens is 402 g/mol. The van der Waals surface area contributed by atoms with Gasteiger partial charge in [-0.2, -0.15) is 10.4 Å². The summed E-state index contributed by atoms with van der Waals surface area (Å²) >= 11 is 0. The molecule has 0 amide bonds. The Bertz CT molecular complexity index is 1280. The summed E-state index contributed by atoms with van der Waals surface area (Å²) in [5.41, 5.74) is 4.54. The summed E-state index contributed by atoms with van der Waals surface area (Å²) in [4.78, 5) is 6.80. The fourth-order valence-corrected chi connectivity index (χ4v) is 4.01. The van der Waals surface area contributed by atoms with Gasteiger partial charge in [-0.1, -0.05) is 12.1 Å². The van der Waals surface area contributed by atoms with Crippen LogP contribution < -0.4 is 9.64 Å². The average molecular weight is 425 g/mol. The van der Waals surface area contributed by atoms with Gasteiger partial charge in [0.2, 0.25) is 0 Å². The van der Waals surface area contributed by atoms with Crippen molar-refractivity contribution in [1.82, 2.24) is 14.8 Å². The van der Waals surface area contributed by atoms with Crippen LogP contribution in [0.5, 0.6) is 5.75 Å². The summed E-state index contributed by atoms with van der Waals surface area (Å²) in [5.74, 6) is 1.75. The van der Waals surface area contributed by atoms with Gasteiger partial charge in [0.1, 0.15) is 17.3 Å². The molecule has 4 aromatic rings. The Kier molecular flexibility index (Phi) is 5.44. The number of anilines is 1. The molecule has 3 heterocycles. The molecule has 7 nitrogen and oxygen atoms in total. The Balaban J connectivity index is 1.57. The van der Waals surface area contributed by atoms with Crippen LogP contribution >= 0.6 is 0 Å². The summed E-state index contributed by atoms with van der Waals surface area (Å²) in [5, 5.41) is 15.4. The summed E-state index contributed by atoms with van der Waals surface area (Å²) in [6.07, 6.45) is 1.83. The van der Waals surface area contributed by atoms with Gasteiger partial charge in [0.25, 0.3) is 0 Å². The van der Waals surface area contributed by atoms with Crippen LogP contribution in [0.1, 0.15) is 11.1 Å². The zero-order valence-corrected chi connectivity index (χ0v) is 17.9. The number of benzene rings is 2. The second-order valence-electron chi connectivity index (χ2n) is 7.70. The van der Waals surface area contributed by atoms with Gasteiger partial charge in [-0.25, -0.2) is 4.98 Å². The Labute approximate surface area is 186 Å². The fraction of sp³-hybridized carbons (Fsp3) is 0.240. The summed E-state index contributed by atoms with van der Waals surface area (Å²) in [6.45, 7) is 3.67. The molecule has 0 saturated carbocycles. The summed E-state index contributed by atoms with van der Waals surface area (Å²) < 4.78 is 12.7. The van der Waals surface area contributed by atoms with E-state index >= 15 is 0 Å². The highest BCUT2D eigenvalue weighted by molar-refractivity contribution is 5.94. The van der Waals surface area contributed by atoms with Crippen molar-refractivity contribution < 1.29 is 9.47 Å². The Morgan fingerprint density at radius 2 is 1.88 bits per heavy atom. The number of hydrogen-bond acceptors (Lipinski definition) is 6. The highest BCUT2D eigenvalue weighted by atomic mass is 16.5. The largest absolute Gasteiger partial charge is 0.497 e. The number of hydrogen-bond donors (Lipinski definition) is 0. The number of pyridine rings is 1. The predicted octanol–water partition coefficient (Wildman–Crippen LogP) is 3.86. The van der Waals surface area contributed by atoms with Gasteiger partial charge in [0.05, 0.1) is 44.0 Å². The molecule has 7 heteroatoms. The zero-order chi connectivity index (χ0) is 21.9. The van der Waals surface area contributed by atoms with Crippen LogP contribution in [-0.2, 0) is 11.3 Å². The molecule has 1 aliphatic heterocycles. The molecule has 0 unspecified atom stereocenters. The second kappa shape index (κ2) is 8.69. The first-order valence-corrected chi connectivity index (χ1v) is 10.6. The van der Waals surface area contributed by atoms with Crippen molar-refractivity contribution in [1.29, 1.82) is 5.26 Å². The molecular formula is C25H23N5O2. The van der Waals surface area contributed by atoms with Crippen molar-refractivity contribution in [3.05, 3.63) is 71.9 Å². The van der Waals surface area contributed by atoms with E-state index in [4.69, 9.17) is 14.6 Å². The molecule has 2 aromatic heterocycles. The molecule has 1 saturated heterocycles. The monoisotopic (exact) mass is 425 g/mol. The molecule has 5 rings (SSSR count). The summed E-state index contributed by atoms with van der Waals surface area (Å²) in [6, 6.07) is 20.0. The number of nitrogens with zero attached hydrogens (tertiary/aromatic N) is 5. The van der Waals surface area contributed by atoms with Crippen LogP contribution in [0.3, 0.4) is 0 Å². The lowest BCUT2D eigenvalue weighted by Gasteiger charge is -2.27. The molecule has 160 valence electrons. The van der Waals surface area contributed by atoms with Crippen molar-refractivity contribution in [2.75, 3.05) is 38.3 Å². The number of nitriles is 1. The van der Waals surface area contributed by atoms with Crippen molar-refractivity contribution in [3.8, 4) is 23.1 Å². The topological polar surface area (TPSA) is 76.2 Å². The van der Waals surface area contributed by atoms with Crippen LogP contribution in [0.25, 0.3) is 22.2 Å². The zero-order valence-electron chi connectivity index (χ0n) is 17.9. The molecule has 0 bridgehead atoms. The minimum absolute atomic E-state index is 0.594. The molecule has 1 aliphatic rings. The molecule has 0 spiro atoms. The van der Waals surface area contributed by atoms with Crippen LogP contribution in [0.4, 0.5) is 5.82 Å². The van der Waals surface area contributed by atoms with Crippen LogP contribution in [0, 0.1) is 11.3 Å². The predicted molar refractivity (Wildman–Crippen MR) is 123 cm³/mol. The molecule has 1 fully saturated rings. The van der Waals surface area contributed by atoms with Crippen molar-refractivity contribution in [2.24, 2.45) is 0 Å². The highest BCUT2D eigenvalue weighted by Gasteiger charge is 2.17. The lowest BCUT2D eigenvalue weighted by Crippen LogP contribution is -2.36. The average Bonchev–Trinajstić information content (AvgIpc) is 3.22. The van der Waals surface area contributed by atoms with E-state index in [0.29, 0.717) is 25.3 Å². The van der Waals surface area contributed by atoms with Crippen LogP contribution in [0.2, 0.25) is 0 Å². The molecule has 0 radical (unpaired) electrons. The molecule has 0 N–H and O–H groups in total. The van der Waals surface area contributed by atoms with E-state index in [1.807, 2.05) is 59.4 Å². The third kappa shape index (κ3) is 3.88. The fourth-order valence-electron chi connectivity index (χ4n) is 4.01. The number of methoxy groups -OCH3 is 1. The van der Waals surface area contributed by atoms with Gasteiger partial charge in [-0.15, -0.1) is 0 Å². The van der Waals surface area contributed by atoms with Crippen LogP contribution in [-0.4, -0.2) is 48.2 Å². The van der Waals surface area contributed by atoms with E-state index in [9.17, 15) is 5.26 Å². The smallest absolute Gasteiger partial charge is 0.129 e. The van der Waals surface area contributed by atoms with Gasteiger partial charge >= 0.3 is 0 Å². The number of fused-ring (bicyclic) bond motifs is 1. The number of aromatic nitrogens is 3.